The molecule has 0 aliphatic heterocycles. The van der Waals surface area contributed by atoms with Crippen molar-refractivity contribution in [1.29, 1.82) is 0 Å². The van der Waals surface area contributed by atoms with Crippen molar-refractivity contribution < 1.29 is 9.53 Å². The van der Waals surface area contributed by atoms with E-state index in [0.29, 0.717) is 6.54 Å². The van der Waals surface area contributed by atoms with E-state index in [1.807, 2.05) is 32.3 Å². The molecule has 1 heterocycles. The minimum absolute atomic E-state index is 0.212. The van der Waals surface area contributed by atoms with E-state index >= 15 is 0 Å². The van der Waals surface area contributed by atoms with Crippen LogP contribution in [0.3, 0.4) is 0 Å². The Morgan fingerprint density at radius 3 is 2.89 bits per heavy atom. The average Bonchev–Trinajstić information content (AvgIpc) is 2.63. The normalized spacial score (nSPS) is 12.6. The second-order valence-electron chi connectivity index (χ2n) is 5.02. The third-order valence-electron chi connectivity index (χ3n) is 2.18. The number of hydrogen-bond donors (Lipinski definition) is 1. The number of amides is 1. The van der Waals surface area contributed by atoms with Gasteiger partial charge in [-0.25, -0.2) is 9.78 Å². The second kappa shape index (κ2) is 5.58. The highest BCUT2D eigenvalue weighted by Crippen LogP contribution is 2.13. The summed E-state index contributed by atoms with van der Waals surface area (Å²) in [6.07, 6.45) is 8.13. The van der Waals surface area contributed by atoms with Crippen LogP contribution in [0.4, 0.5) is 4.79 Å². The number of aromatic nitrogens is 2. The molecule has 18 heavy (non-hydrogen) atoms. The molecule has 98 valence electrons. The Morgan fingerprint density at radius 1 is 1.67 bits per heavy atom. The van der Waals surface area contributed by atoms with Crippen molar-refractivity contribution in [1.82, 2.24) is 14.9 Å². The molecule has 5 nitrogen and oxygen atoms in total. The summed E-state index contributed by atoms with van der Waals surface area (Å²) in [5, 5.41) is 2.75. The van der Waals surface area contributed by atoms with Gasteiger partial charge < -0.3 is 14.6 Å². The van der Waals surface area contributed by atoms with E-state index in [9.17, 15) is 4.79 Å². The van der Waals surface area contributed by atoms with Crippen LogP contribution in [0.25, 0.3) is 0 Å². The zero-order valence-electron chi connectivity index (χ0n) is 11.2. The third kappa shape index (κ3) is 4.13. The van der Waals surface area contributed by atoms with Gasteiger partial charge >= 0.3 is 6.09 Å². The number of carbonyl (C=O) groups excluding carboxylic acids is 1. The molecular weight excluding hydrogens is 230 g/mol. The van der Waals surface area contributed by atoms with E-state index in [0.717, 1.165) is 5.69 Å². The largest absolute Gasteiger partial charge is 0.444 e. The molecule has 1 aromatic rings. The van der Waals surface area contributed by atoms with Gasteiger partial charge in [0, 0.05) is 0 Å². The van der Waals surface area contributed by atoms with Crippen LogP contribution >= 0.6 is 0 Å². The minimum Gasteiger partial charge on any atom is -0.444 e. The first-order valence-corrected chi connectivity index (χ1v) is 5.76. The summed E-state index contributed by atoms with van der Waals surface area (Å²) in [5.74, 6) is 2.54. The van der Waals surface area contributed by atoms with Crippen molar-refractivity contribution in [3.63, 3.8) is 0 Å². The number of rotatable bonds is 3. The molecule has 5 heteroatoms. The highest BCUT2D eigenvalue weighted by molar-refractivity contribution is 5.68. The molecule has 0 saturated heterocycles. The predicted molar refractivity (Wildman–Crippen MR) is 68.8 cm³/mol. The first kappa shape index (κ1) is 14.1. The van der Waals surface area contributed by atoms with Gasteiger partial charge in [-0.05, 0) is 27.7 Å². The zero-order valence-corrected chi connectivity index (χ0v) is 11.2. The molecule has 1 atom stereocenters. The van der Waals surface area contributed by atoms with Crippen LogP contribution in [0.15, 0.2) is 12.5 Å². The van der Waals surface area contributed by atoms with Gasteiger partial charge in [-0.2, -0.15) is 0 Å². The SMILES string of the molecule is C#CCn1cncc1C(C)NC(=O)OC(C)(C)C. The number of hydrogen-bond acceptors (Lipinski definition) is 3. The van der Waals surface area contributed by atoms with E-state index < -0.39 is 11.7 Å². The molecule has 0 aromatic carbocycles. The number of imidazole rings is 1. The van der Waals surface area contributed by atoms with Gasteiger partial charge in [0.1, 0.15) is 5.60 Å². The van der Waals surface area contributed by atoms with Crippen LogP contribution in [-0.4, -0.2) is 21.2 Å². The van der Waals surface area contributed by atoms with Crippen LogP contribution in [-0.2, 0) is 11.3 Å². The summed E-state index contributed by atoms with van der Waals surface area (Å²) >= 11 is 0. The Hall–Kier alpha value is -1.96. The summed E-state index contributed by atoms with van der Waals surface area (Å²) in [6, 6.07) is -0.212. The van der Waals surface area contributed by atoms with E-state index in [4.69, 9.17) is 11.2 Å². The Labute approximate surface area is 108 Å². The summed E-state index contributed by atoms with van der Waals surface area (Å²) in [7, 11) is 0. The first-order chi connectivity index (χ1) is 8.33. The van der Waals surface area contributed by atoms with E-state index in [1.165, 1.54) is 0 Å². The van der Waals surface area contributed by atoms with Crippen molar-refractivity contribution in [2.45, 2.75) is 45.9 Å². The molecule has 1 aromatic heterocycles. The smallest absolute Gasteiger partial charge is 0.408 e. The third-order valence-corrected chi connectivity index (χ3v) is 2.18. The maximum Gasteiger partial charge on any atom is 0.408 e. The van der Waals surface area contributed by atoms with Gasteiger partial charge in [-0.3, -0.25) is 0 Å². The molecule has 0 spiro atoms. The van der Waals surface area contributed by atoms with Gasteiger partial charge in [0.05, 0.1) is 30.8 Å². The van der Waals surface area contributed by atoms with Crippen molar-refractivity contribution in [2.75, 3.05) is 0 Å². The lowest BCUT2D eigenvalue weighted by molar-refractivity contribution is 0.0506. The Balaban J connectivity index is 2.65. The molecule has 1 unspecified atom stereocenters. The molecule has 0 aliphatic rings. The quantitative estimate of drug-likeness (QED) is 0.835. The molecule has 0 aliphatic carbocycles. The van der Waals surface area contributed by atoms with Gasteiger partial charge in [-0.15, -0.1) is 6.42 Å². The fourth-order valence-electron chi connectivity index (χ4n) is 1.48. The number of nitrogens with one attached hydrogen (secondary N) is 1. The van der Waals surface area contributed by atoms with E-state index in [1.54, 1.807) is 12.5 Å². The fourth-order valence-corrected chi connectivity index (χ4v) is 1.48. The van der Waals surface area contributed by atoms with Gasteiger partial charge in [-0.1, -0.05) is 5.92 Å². The van der Waals surface area contributed by atoms with Crippen LogP contribution in [0.5, 0.6) is 0 Å². The topological polar surface area (TPSA) is 56.2 Å². The maximum absolute atomic E-state index is 11.6. The number of alkyl carbamates (subject to hydrolysis) is 1. The summed E-state index contributed by atoms with van der Waals surface area (Å²) in [5.41, 5.74) is 0.335. The highest BCUT2D eigenvalue weighted by atomic mass is 16.6. The van der Waals surface area contributed by atoms with Gasteiger partial charge in [0.15, 0.2) is 0 Å². The van der Waals surface area contributed by atoms with Crippen LogP contribution in [0.2, 0.25) is 0 Å². The molecular formula is C13H19N3O2. The summed E-state index contributed by atoms with van der Waals surface area (Å²) < 4.78 is 6.99. The molecule has 1 amide bonds. The number of terminal acetylenes is 1. The molecule has 0 bridgehead atoms. The van der Waals surface area contributed by atoms with Crippen molar-refractivity contribution >= 4 is 6.09 Å². The monoisotopic (exact) mass is 249 g/mol. The summed E-state index contributed by atoms with van der Waals surface area (Å²) in [6.45, 7) is 7.74. The predicted octanol–water partition coefficient (Wildman–Crippen LogP) is 2.10. The van der Waals surface area contributed by atoms with Gasteiger partial charge in [0.25, 0.3) is 0 Å². The lowest BCUT2D eigenvalue weighted by atomic mass is 10.2. The Morgan fingerprint density at radius 2 is 2.33 bits per heavy atom. The second-order valence-corrected chi connectivity index (χ2v) is 5.02. The Bertz CT molecular complexity index is 452. The lowest BCUT2D eigenvalue weighted by Crippen LogP contribution is -2.34. The average molecular weight is 249 g/mol. The number of carbonyl (C=O) groups is 1. The number of ether oxygens (including phenoxy) is 1. The number of nitrogens with zero attached hydrogens (tertiary/aromatic N) is 2. The van der Waals surface area contributed by atoms with Crippen molar-refractivity contribution in [3.8, 4) is 12.3 Å². The van der Waals surface area contributed by atoms with Gasteiger partial charge in [0.2, 0.25) is 0 Å². The van der Waals surface area contributed by atoms with E-state index in [2.05, 4.69) is 16.2 Å². The highest BCUT2D eigenvalue weighted by Gasteiger charge is 2.19. The van der Waals surface area contributed by atoms with Crippen LogP contribution in [0, 0.1) is 12.3 Å². The Kier molecular flexibility index (Phi) is 4.38. The molecule has 0 saturated carbocycles. The maximum atomic E-state index is 11.6. The molecule has 0 fully saturated rings. The minimum atomic E-state index is -0.511. The van der Waals surface area contributed by atoms with E-state index in [-0.39, 0.29) is 6.04 Å². The molecule has 1 rings (SSSR count). The van der Waals surface area contributed by atoms with Crippen molar-refractivity contribution in [2.24, 2.45) is 0 Å². The zero-order chi connectivity index (χ0) is 13.8. The summed E-state index contributed by atoms with van der Waals surface area (Å²) in [4.78, 5) is 15.6. The molecule has 0 radical (unpaired) electrons. The first-order valence-electron chi connectivity index (χ1n) is 5.76. The van der Waals surface area contributed by atoms with Crippen molar-refractivity contribution in [3.05, 3.63) is 18.2 Å². The van der Waals surface area contributed by atoms with Crippen LogP contribution in [0.1, 0.15) is 39.4 Å². The standard InChI is InChI=1S/C13H19N3O2/c1-6-7-16-9-14-8-11(16)10(2)15-12(17)18-13(3,4)5/h1,8-10H,7H2,2-5H3,(H,15,17). The fraction of sp³-hybridized carbons (Fsp3) is 0.538. The molecule has 1 N–H and O–H groups in total. The van der Waals surface area contributed by atoms with Crippen LogP contribution < -0.4 is 5.32 Å². The lowest BCUT2D eigenvalue weighted by Gasteiger charge is -2.22.